The minimum absolute atomic E-state index is 0.443. The number of benzene rings is 1. The van der Waals surface area contributed by atoms with E-state index in [4.69, 9.17) is 9.47 Å². The van der Waals surface area contributed by atoms with Gasteiger partial charge in [-0.25, -0.2) is 0 Å². The average molecular weight is 277 g/mol. The fourth-order valence-corrected chi connectivity index (χ4v) is 2.86. The smallest absolute Gasteiger partial charge is 0.119 e. The summed E-state index contributed by atoms with van der Waals surface area (Å²) in [7, 11) is 0. The lowest BCUT2D eigenvalue weighted by Gasteiger charge is -2.27. The van der Waals surface area contributed by atoms with Crippen LogP contribution in [-0.4, -0.2) is 26.4 Å². The molecule has 1 aromatic carbocycles. The van der Waals surface area contributed by atoms with Crippen molar-refractivity contribution in [3.63, 3.8) is 0 Å². The Hall–Kier alpha value is -1.06. The van der Waals surface area contributed by atoms with Gasteiger partial charge < -0.3 is 14.8 Å². The zero-order chi connectivity index (χ0) is 14.2. The van der Waals surface area contributed by atoms with E-state index in [0.29, 0.717) is 6.04 Å². The van der Waals surface area contributed by atoms with Crippen LogP contribution in [0.15, 0.2) is 24.3 Å². The van der Waals surface area contributed by atoms with E-state index >= 15 is 0 Å². The molecular formula is C17H27NO2. The van der Waals surface area contributed by atoms with E-state index < -0.39 is 0 Å². The van der Waals surface area contributed by atoms with Gasteiger partial charge in [0.25, 0.3) is 0 Å². The number of rotatable bonds is 7. The summed E-state index contributed by atoms with van der Waals surface area (Å²) in [5.41, 5.74) is 1.36. The molecule has 1 atom stereocenters. The molecule has 3 heteroatoms. The van der Waals surface area contributed by atoms with Gasteiger partial charge in [-0.05, 0) is 56.3 Å². The molecular weight excluding hydrogens is 250 g/mol. The summed E-state index contributed by atoms with van der Waals surface area (Å²) in [5, 5.41) is 3.62. The van der Waals surface area contributed by atoms with Crippen molar-refractivity contribution in [1.82, 2.24) is 5.32 Å². The Morgan fingerprint density at radius 1 is 1.20 bits per heavy atom. The van der Waals surface area contributed by atoms with Crippen molar-refractivity contribution in [2.45, 2.75) is 39.2 Å². The number of nitrogens with one attached hydrogen (secondary N) is 1. The van der Waals surface area contributed by atoms with Gasteiger partial charge in [0.05, 0.1) is 6.61 Å². The summed E-state index contributed by atoms with van der Waals surface area (Å²) in [6.07, 6.45) is 3.59. The molecule has 0 spiro atoms. The monoisotopic (exact) mass is 277 g/mol. The quantitative estimate of drug-likeness (QED) is 0.826. The summed E-state index contributed by atoms with van der Waals surface area (Å²) in [6, 6.07) is 8.98. The molecule has 112 valence electrons. The topological polar surface area (TPSA) is 30.5 Å². The highest BCUT2D eigenvalue weighted by molar-refractivity contribution is 5.29. The Morgan fingerprint density at radius 2 is 1.90 bits per heavy atom. The van der Waals surface area contributed by atoms with E-state index in [1.807, 2.05) is 6.92 Å². The van der Waals surface area contributed by atoms with Gasteiger partial charge in [0.15, 0.2) is 0 Å². The SMILES string of the molecule is CCNC(CC1CCOCC1)c1ccc(OCC)cc1. The molecule has 1 fully saturated rings. The normalized spacial score (nSPS) is 17.9. The molecule has 0 radical (unpaired) electrons. The van der Waals surface area contributed by atoms with Crippen molar-refractivity contribution in [2.24, 2.45) is 5.92 Å². The standard InChI is InChI=1S/C17H27NO2/c1-3-18-17(13-14-9-11-19-12-10-14)15-5-7-16(8-6-15)20-4-2/h5-8,14,17-18H,3-4,9-13H2,1-2H3. The van der Waals surface area contributed by atoms with Crippen molar-refractivity contribution >= 4 is 0 Å². The molecule has 0 bridgehead atoms. The first-order valence-electron chi connectivity index (χ1n) is 7.87. The third kappa shape index (κ3) is 4.50. The second-order valence-corrected chi connectivity index (χ2v) is 5.40. The molecule has 1 aliphatic rings. The zero-order valence-electron chi connectivity index (χ0n) is 12.7. The van der Waals surface area contributed by atoms with E-state index in [0.717, 1.165) is 38.0 Å². The third-order valence-electron chi connectivity index (χ3n) is 3.95. The Morgan fingerprint density at radius 3 is 2.50 bits per heavy atom. The van der Waals surface area contributed by atoms with Crippen molar-refractivity contribution in [1.29, 1.82) is 0 Å². The Kier molecular flexibility index (Phi) is 6.34. The van der Waals surface area contributed by atoms with Crippen molar-refractivity contribution in [3.8, 4) is 5.75 Å². The van der Waals surface area contributed by atoms with Crippen LogP contribution in [0.3, 0.4) is 0 Å². The highest BCUT2D eigenvalue weighted by Gasteiger charge is 2.20. The third-order valence-corrected chi connectivity index (χ3v) is 3.95. The van der Waals surface area contributed by atoms with Gasteiger partial charge in [-0.2, -0.15) is 0 Å². The zero-order valence-corrected chi connectivity index (χ0v) is 12.7. The Bertz CT molecular complexity index is 371. The van der Waals surface area contributed by atoms with E-state index in [9.17, 15) is 0 Å². The van der Waals surface area contributed by atoms with Gasteiger partial charge in [0.1, 0.15) is 5.75 Å². The van der Waals surface area contributed by atoms with Gasteiger partial charge >= 0.3 is 0 Å². The van der Waals surface area contributed by atoms with Crippen molar-refractivity contribution < 1.29 is 9.47 Å². The highest BCUT2D eigenvalue weighted by atomic mass is 16.5. The van der Waals surface area contributed by atoms with Crippen LogP contribution in [-0.2, 0) is 4.74 Å². The van der Waals surface area contributed by atoms with E-state index in [1.165, 1.54) is 24.8 Å². The summed E-state index contributed by atoms with van der Waals surface area (Å²) < 4.78 is 11.0. The first-order chi connectivity index (χ1) is 9.83. The van der Waals surface area contributed by atoms with E-state index in [1.54, 1.807) is 0 Å². The summed E-state index contributed by atoms with van der Waals surface area (Å²) in [6.45, 7) is 7.75. The molecule has 1 N–H and O–H groups in total. The molecule has 0 amide bonds. The van der Waals surface area contributed by atoms with Gasteiger partial charge in [-0.1, -0.05) is 19.1 Å². The van der Waals surface area contributed by atoms with Crippen LogP contribution in [0.25, 0.3) is 0 Å². The van der Waals surface area contributed by atoms with Gasteiger partial charge in [-0.15, -0.1) is 0 Å². The maximum Gasteiger partial charge on any atom is 0.119 e. The van der Waals surface area contributed by atoms with Crippen LogP contribution in [0, 0.1) is 5.92 Å². The first-order valence-corrected chi connectivity index (χ1v) is 7.87. The minimum Gasteiger partial charge on any atom is -0.494 e. The minimum atomic E-state index is 0.443. The fraction of sp³-hybridized carbons (Fsp3) is 0.647. The molecule has 2 rings (SSSR count). The van der Waals surface area contributed by atoms with Crippen LogP contribution in [0.2, 0.25) is 0 Å². The van der Waals surface area contributed by atoms with Crippen LogP contribution in [0.4, 0.5) is 0 Å². The average Bonchev–Trinajstić information content (AvgIpc) is 2.49. The lowest BCUT2D eigenvalue weighted by molar-refractivity contribution is 0.0606. The van der Waals surface area contributed by atoms with Crippen LogP contribution in [0.5, 0.6) is 5.75 Å². The van der Waals surface area contributed by atoms with Crippen molar-refractivity contribution in [2.75, 3.05) is 26.4 Å². The van der Waals surface area contributed by atoms with E-state index in [-0.39, 0.29) is 0 Å². The molecule has 1 unspecified atom stereocenters. The maximum atomic E-state index is 5.51. The molecule has 20 heavy (non-hydrogen) atoms. The maximum absolute atomic E-state index is 5.51. The highest BCUT2D eigenvalue weighted by Crippen LogP contribution is 2.28. The molecule has 0 saturated carbocycles. The second-order valence-electron chi connectivity index (χ2n) is 5.40. The van der Waals surface area contributed by atoms with E-state index in [2.05, 4.69) is 36.5 Å². The predicted molar refractivity (Wildman–Crippen MR) is 82.2 cm³/mol. The summed E-state index contributed by atoms with van der Waals surface area (Å²) in [4.78, 5) is 0. The lowest BCUT2D eigenvalue weighted by atomic mass is 9.89. The van der Waals surface area contributed by atoms with Gasteiger partial charge in [-0.3, -0.25) is 0 Å². The van der Waals surface area contributed by atoms with Crippen LogP contribution >= 0.6 is 0 Å². The second kappa shape index (κ2) is 8.28. The summed E-state index contributed by atoms with van der Waals surface area (Å²) in [5.74, 6) is 1.73. The molecule has 1 heterocycles. The van der Waals surface area contributed by atoms with Gasteiger partial charge in [0, 0.05) is 19.3 Å². The molecule has 1 aliphatic heterocycles. The molecule has 3 nitrogen and oxygen atoms in total. The number of ether oxygens (including phenoxy) is 2. The van der Waals surface area contributed by atoms with Crippen molar-refractivity contribution in [3.05, 3.63) is 29.8 Å². The van der Waals surface area contributed by atoms with Crippen LogP contribution in [0.1, 0.15) is 44.7 Å². The number of hydrogen-bond donors (Lipinski definition) is 1. The largest absolute Gasteiger partial charge is 0.494 e. The Labute approximate surface area is 122 Å². The van der Waals surface area contributed by atoms with Gasteiger partial charge in [0.2, 0.25) is 0 Å². The molecule has 1 aromatic rings. The molecule has 0 aliphatic carbocycles. The first kappa shape index (κ1) is 15.3. The van der Waals surface area contributed by atoms with Crippen LogP contribution < -0.4 is 10.1 Å². The number of hydrogen-bond acceptors (Lipinski definition) is 3. The molecule has 0 aromatic heterocycles. The lowest BCUT2D eigenvalue weighted by Crippen LogP contribution is -2.26. The predicted octanol–water partition coefficient (Wildman–Crippen LogP) is 3.55. The summed E-state index contributed by atoms with van der Waals surface area (Å²) >= 11 is 0. The fourth-order valence-electron chi connectivity index (χ4n) is 2.86. The molecule has 1 saturated heterocycles. The Balaban J connectivity index is 1.98.